The number of thioether (sulfide) groups is 1. The van der Waals surface area contributed by atoms with Crippen LogP contribution >= 0.6 is 11.8 Å². The van der Waals surface area contributed by atoms with E-state index >= 15 is 0 Å². The molecular weight excluding hydrogens is 220 g/mol. The summed E-state index contributed by atoms with van der Waals surface area (Å²) in [5.41, 5.74) is 1.06. The second-order valence-corrected chi connectivity index (χ2v) is 6.08. The van der Waals surface area contributed by atoms with Crippen LogP contribution in [0, 0.1) is 0 Å². The molecular formula is C13H16O2S. The first-order chi connectivity index (χ1) is 7.68. The molecule has 0 radical (unpaired) electrons. The van der Waals surface area contributed by atoms with Crippen LogP contribution in [0.25, 0.3) is 0 Å². The van der Waals surface area contributed by atoms with Crippen LogP contribution in [0.5, 0.6) is 5.75 Å². The van der Waals surface area contributed by atoms with Gasteiger partial charge in [0, 0.05) is 11.3 Å². The van der Waals surface area contributed by atoms with Crippen LogP contribution in [0.4, 0.5) is 0 Å². The SMILES string of the molecule is CC1(C)Oc2ccccc2[C@H]2OCCS[C@@H]21. The highest BCUT2D eigenvalue weighted by molar-refractivity contribution is 8.00. The second-order valence-electron chi connectivity index (χ2n) is 4.83. The van der Waals surface area contributed by atoms with E-state index in [9.17, 15) is 0 Å². The second kappa shape index (κ2) is 3.67. The van der Waals surface area contributed by atoms with Gasteiger partial charge in [-0.1, -0.05) is 18.2 Å². The molecule has 86 valence electrons. The molecule has 3 rings (SSSR count). The van der Waals surface area contributed by atoms with Gasteiger partial charge in [-0.3, -0.25) is 0 Å². The smallest absolute Gasteiger partial charge is 0.126 e. The molecule has 1 saturated heterocycles. The van der Waals surface area contributed by atoms with Crippen LogP contribution < -0.4 is 4.74 Å². The van der Waals surface area contributed by atoms with E-state index in [0.29, 0.717) is 5.25 Å². The zero-order chi connectivity index (χ0) is 11.2. The minimum Gasteiger partial charge on any atom is -0.486 e. The largest absolute Gasteiger partial charge is 0.486 e. The molecule has 0 amide bonds. The van der Waals surface area contributed by atoms with Gasteiger partial charge in [-0.15, -0.1) is 11.8 Å². The Kier molecular flexibility index (Phi) is 2.41. The van der Waals surface area contributed by atoms with E-state index in [2.05, 4.69) is 26.0 Å². The van der Waals surface area contributed by atoms with Crippen molar-refractivity contribution in [3.63, 3.8) is 0 Å². The number of hydrogen-bond acceptors (Lipinski definition) is 3. The van der Waals surface area contributed by atoms with E-state index in [1.54, 1.807) is 0 Å². The van der Waals surface area contributed by atoms with Gasteiger partial charge in [0.2, 0.25) is 0 Å². The molecule has 2 aliphatic rings. The zero-order valence-electron chi connectivity index (χ0n) is 9.60. The van der Waals surface area contributed by atoms with Gasteiger partial charge in [0.1, 0.15) is 17.5 Å². The molecule has 0 N–H and O–H groups in total. The molecule has 2 aliphatic heterocycles. The molecule has 0 unspecified atom stereocenters. The Morgan fingerprint density at radius 3 is 3.00 bits per heavy atom. The monoisotopic (exact) mass is 236 g/mol. The highest BCUT2D eigenvalue weighted by Gasteiger charge is 2.46. The molecule has 2 heterocycles. The maximum absolute atomic E-state index is 6.09. The Balaban J connectivity index is 2.07. The fraction of sp³-hybridized carbons (Fsp3) is 0.538. The predicted octanol–water partition coefficient (Wildman–Crippen LogP) is 3.03. The quantitative estimate of drug-likeness (QED) is 0.690. The van der Waals surface area contributed by atoms with Crippen LogP contribution in [0.1, 0.15) is 25.5 Å². The average Bonchev–Trinajstić information content (AvgIpc) is 2.29. The Morgan fingerprint density at radius 2 is 2.12 bits per heavy atom. The molecule has 0 saturated carbocycles. The van der Waals surface area contributed by atoms with Crippen molar-refractivity contribution in [1.82, 2.24) is 0 Å². The van der Waals surface area contributed by atoms with Gasteiger partial charge in [0.25, 0.3) is 0 Å². The van der Waals surface area contributed by atoms with E-state index in [1.165, 1.54) is 5.56 Å². The van der Waals surface area contributed by atoms with Crippen molar-refractivity contribution in [2.75, 3.05) is 12.4 Å². The number of ether oxygens (including phenoxy) is 2. The van der Waals surface area contributed by atoms with E-state index < -0.39 is 0 Å². The first kappa shape index (κ1) is 10.5. The van der Waals surface area contributed by atoms with E-state index in [0.717, 1.165) is 18.1 Å². The maximum atomic E-state index is 6.09. The lowest BCUT2D eigenvalue weighted by Crippen LogP contribution is -2.49. The van der Waals surface area contributed by atoms with E-state index in [-0.39, 0.29) is 11.7 Å². The molecule has 1 fully saturated rings. The van der Waals surface area contributed by atoms with Gasteiger partial charge in [-0.25, -0.2) is 0 Å². The summed E-state index contributed by atoms with van der Waals surface area (Å²) in [6.45, 7) is 5.15. The average molecular weight is 236 g/mol. The third kappa shape index (κ3) is 1.54. The molecule has 16 heavy (non-hydrogen) atoms. The van der Waals surface area contributed by atoms with E-state index in [1.807, 2.05) is 23.9 Å². The van der Waals surface area contributed by atoms with Gasteiger partial charge in [0.15, 0.2) is 0 Å². The summed E-state index contributed by atoms with van der Waals surface area (Å²) in [6, 6.07) is 8.23. The first-order valence-corrected chi connectivity index (χ1v) is 6.74. The first-order valence-electron chi connectivity index (χ1n) is 5.70. The van der Waals surface area contributed by atoms with Crippen molar-refractivity contribution in [3.05, 3.63) is 29.8 Å². The van der Waals surface area contributed by atoms with Crippen LogP contribution in [-0.4, -0.2) is 23.2 Å². The summed E-state index contributed by atoms with van der Waals surface area (Å²) in [5.74, 6) is 2.05. The predicted molar refractivity (Wildman–Crippen MR) is 66.1 cm³/mol. The summed E-state index contributed by atoms with van der Waals surface area (Å²) in [4.78, 5) is 0. The third-order valence-electron chi connectivity index (χ3n) is 3.24. The highest BCUT2D eigenvalue weighted by Crippen LogP contribution is 2.48. The lowest BCUT2D eigenvalue weighted by molar-refractivity contribution is -0.0256. The molecule has 0 bridgehead atoms. The van der Waals surface area contributed by atoms with E-state index in [4.69, 9.17) is 9.47 Å². The van der Waals surface area contributed by atoms with Crippen molar-refractivity contribution in [2.45, 2.75) is 30.8 Å². The summed E-state index contributed by atoms with van der Waals surface area (Å²) in [5, 5.41) is 0.399. The fourth-order valence-electron chi connectivity index (χ4n) is 2.49. The Bertz CT molecular complexity index is 403. The number of hydrogen-bond donors (Lipinski definition) is 0. The molecule has 0 aliphatic carbocycles. The summed E-state index contributed by atoms with van der Waals surface area (Å²) < 4.78 is 12.0. The molecule has 1 aromatic rings. The van der Waals surface area contributed by atoms with Crippen molar-refractivity contribution in [2.24, 2.45) is 0 Å². The molecule has 2 nitrogen and oxygen atoms in total. The molecule has 0 aromatic heterocycles. The zero-order valence-corrected chi connectivity index (χ0v) is 10.4. The van der Waals surface area contributed by atoms with Crippen molar-refractivity contribution in [1.29, 1.82) is 0 Å². The lowest BCUT2D eigenvalue weighted by atomic mass is 9.91. The van der Waals surface area contributed by atoms with Crippen molar-refractivity contribution in [3.8, 4) is 5.75 Å². The fourth-order valence-corrected chi connectivity index (χ4v) is 3.79. The van der Waals surface area contributed by atoms with Crippen LogP contribution in [0.2, 0.25) is 0 Å². The molecule has 2 atom stereocenters. The van der Waals surface area contributed by atoms with Gasteiger partial charge >= 0.3 is 0 Å². The molecule has 1 aromatic carbocycles. The number of para-hydroxylation sites is 1. The number of rotatable bonds is 0. The normalized spacial score (nSPS) is 31.1. The Hall–Kier alpha value is -0.670. The third-order valence-corrected chi connectivity index (χ3v) is 4.81. The topological polar surface area (TPSA) is 18.5 Å². The minimum atomic E-state index is -0.149. The lowest BCUT2D eigenvalue weighted by Gasteiger charge is -2.46. The Labute approximate surface area is 100 Å². The number of benzene rings is 1. The minimum absolute atomic E-state index is 0.149. The van der Waals surface area contributed by atoms with Gasteiger partial charge in [-0.05, 0) is 19.9 Å². The summed E-state index contributed by atoms with van der Waals surface area (Å²) in [7, 11) is 0. The van der Waals surface area contributed by atoms with Crippen molar-refractivity contribution < 1.29 is 9.47 Å². The van der Waals surface area contributed by atoms with Crippen LogP contribution in [0.15, 0.2) is 24.3 Å². The standard InChI is InChI=1S/C13H16O2S/c1-13(2)12-11(14-7-8-16-12)9-5-3-4-6-10(9)15-13/h3-6,11-12H,7-8H2,1-2H3/t11-,12+/m1/s1. The van der Waals surface area contributed by atoms with Crippen LogP contribution in [0.3, 0.4) is 0 Å². The van der Waals surface area contributed by atoms with Gasteiger partial charge < -0.3 is 9.47 Å². The van der Waals surface area contributed by atoms with Crippen LogP contribution in [-0.2, 0) is 4.74 Å². The van der Waals surface area contributed by atoms with Gasteiger partial charge in [0.05, 0.1) is 11.9 Å². The molecule has 3 heteroatoms. The van der Waals surface area contributed by atoms with Gasteiger partial charge in [-0.2, -0.15) is 0 Å². The summed E-state index contributed by atoms with van der Waals surface area (Å²) >= 11 is 1.97. The maximum Gasteiger partial charge on any atom is 0.126 e. The number of fused-ring (bicyclic) bond motifs is 3. The Morgan fingerprint density at radius 1 is 1.31 bits per heavy atom. The molecule has 0 spiro atoms. The highest BCUT2D eigenvalue weighted by atomic mass is 32.2. The van der Waals surface area contributed by atoms with Crippen molar-refractivity contribution >= 4 is 11.8 Å². The summed E-state index contributed by atoms with van der Waals surface area (Å²) in [6.07, 6.45) is 0.193.